The zero-order chi connectivity index (χ0) is 14.1. The topological polar surface area (TPSA) is 77.5 Å². The third kappa shape index (κ3) is 2.80. The van der Waals surface area contributed by atoms with E-state index >= 15 is 0 Å². The summed E-state index contributed by atoms with van der Waals surface area (Å²) in [5, 5.41) is 16.5. The van der Waals surface area contributed by atoms with Crippen molar-refractivity contribution in [2.24, 2.45) is 0 Å². The maximum atomic E-state index is 4.23. The quantitative estimate of drug-likeness (QED) is 0.804. The molecule has 0 spiro atoms. The van der Waals surface area contributed by atoms with Gasteiger partial charge in [-0.15, -0.1) is 5.10 Å². The van der Waals surface area contributed by atoms with Crippen molar-refractivity contribution < 1.29 is 0 Å². The van der Waals surface area contributed by atoms with E-state index in [9.17, 15) is 0 Å². The summed E-state index contributed by atoms with van der Waals surface area (Å²) in [7, 11) is 0. The van der Waals surface area contributed by atoms with Gasteiger partial charge < -0.3 is 0 Å². The van der Waals surface area contributed by atoms with E-state index < -0.39 is 0 Å². The first-order valence-corrected chi connectivity index (χ1v) is 7.73. The normalized spacial score (nSPS) is 23.5. The zero-order valence-corrected chi connectivity index (χ0v) is 12.0. The summed E-state index contributed by atoms with van der Waals surface area (Å²) < 4.78 is 3.94. The van der Waals surface area contributed by atoms with Crippen LogP contribution >= 0.6 is 0 Å². The van der Waals surface area contributed by atoms with E-state index in [1.54, 1.807) is 12.7 Å². The number of hydrogen-bond acceptors (Lipinski definition) is 6. The number of tetrazole rings is 1. The van der Waals surface area contributed by atoms with Gasteiger partial charge in [0.15, 0.2) is 5.82 Å². The Labute approximate surface area is 123 Å². The van der Waals surface area contributed by atoms with Crippen molar-refractivity contribution >= 4 is 0 Å². The molecule has 3 heterocycles. The fourth-order valence-corrected chi connectivity index (χ4v) is 3.12. The third-order valence-electron chi connectivity index (χ3n) is 4.41. The van der Waals surface area contributed by atoms with E-state index in [0.29, 0.717) is 12.1 Å². The molecule has 112 valence electrons. The highest BCUT2D eigenvalue weighted by Crippen LogP contribution is 2.34. The van der Waals surface area contributed by atoms with Gasteiger partial charge in [0.2, 0.25) is 0 Å². The van der Waals surface area contributed by atoms with E-state index in [-0.39, 0.29) is 0 Å². The van der Waals surface area contributed by atoms with Gasteiger partial charge in [0, 0.05) is 6.04 Å². The summed E-state index contributed by atoms with van der Waals surface area (Å²) >= 11 is 0. The van der Waals surface area contributed by atoms with Crippen molar-refractivity contribution in [3.8, 4) is 0 Å². The van der Waals surface area contributed by atoms with Crippen LogP contribution in [0.25, 0.3) is 0 Å². The Hall–Kier alpha value is -1.83. The SMILES string of the molecule is c1ncn(C[C@H]2CCCCN2Cc2nnnn2C2CC2)n1. The number of rotatable bonds is 5. The lowest BCUT2D eigenvalue weighted by Gasteiger charge is -2.35. The highest BCUT2D eigenvalue weighted by atomic mass is 15.6. The lowest BCUT2D eigenvalue weighted by molar-refractivity contribution is 0.116. The van der Waals surface area contributed by atoms with Crippen LogP contribution in [-0.2, 0) is 13.1 Å². The van der Waals surface area contributed by atoms with Crippen molar-refractivity contribution in [2.75, 3.05) is 6.54 Å². The number of piperidine rings is 1. The van der Waals surface area contributed by atoms with Crippen LogP contribution in [0.4, 0.5) is 0 Å². The molecule has 0 unspecified atom stereocenters. The van der Waals surface area contributed by atoms with Gasteiger partial charge in [0.05, 0.1) is 19.1 Å². The first-order valence-electron chi connectivity index (χ1n) is 7.73. The molecule has 2 fully saturated rings. The maximum absolute atomic E-state index is 4.23. The Kier molecular flexibility index (Phi) is 3.38. The van der Waals surface area contributed by atoms with Crippen LogP contribution in [0.2, 0.25) is 0 Å². The molecule has 0 N–H and O–H groups in total. The number of aromatic nitrogens is 7. The third-order valence-corrected chi connectivity index (χ3v) is 4.41. The molecular weight excluding hydrogens is 268 g/mol. The van der Waals surface area contributed by atoms with Crippen LogP contribution in [-0.4, -0.2) is 52.5 Å². The van der Waals surface area contributed by atoms with Crippen LogP contribution in [0.15, 0.2) is 12.7 Å². The average molecular weight is 288 g/mol. The van der Waals surface area contributed by atoms with E-state index in [1.165, 1.54) is 32.1 Å². The van der Waals surface area contributed by atoms with Gasteiger partial charge in [0.1, 0.15) is 12.7 Å². The smallest absolute Gasteiger partial charge is 0.165 e. The minimum absolute atomic E-state index is 0.491. The summed E-state index contributed by atoms with van der Waals surface area (Å²) in [5.74, 6) is 1.00. The molecule has 1 saturated heterocycles. The highest BCUT2D eigenvalue weighted by Gasteiger charge is 2.30. The van der Waals surface area contributed by atoms with Gasteiger partial charge in [-0.25, -0.2) is 9.67 Å². The van der Waals surface area contributed by atoms with Gasteiger partial charge in [-0.1, -0.05) is 6.42 Å². The van der Waals surface area contributed by atoms with E-state index in [2.05, 4.69) is 30.5 Å². The molecule has 2 aromatic heterocycles. The Bertz CT molecular complexity index is 573. The summed E-state index contributed by atoms with van der Waals surface area (Å²) in [6.07, 6.45) is 9.54. The second-order valence-electron chi connectivity index (χ2n) is 6.01. The lowest BCUT2D eigenvalue weighted by atomic mass is 10.0. The fraction of sp³-hybridized carbons (Fsp3) is 0.769. The molecule has 1 atom stereocenters. The van der Waals surface area contributed by atoms with E-state index in [4.69, 9.17) is 0 Å². The predicted molar refractivity (Wildman–Crippen MR) is 74.2 cm³/mol. The summed E-state index contributed by atoms with van der Waals surface area (Å²) in [5.41, 5.74) is 0. The van der Waals surface area contributed by atoms with Crippen molar-refractivity contribution in [1.29, 1.82) is 0 Å². The van der Waals surface area contributed by atoms with Gasteiger partial charge >= 0.3 is 0 Å². The minimum Gasteiger partial charge on any atom is -0.291 e. The summed E-state index contributed by atoms with van der Waals surface area (Å²) in [4.78, 5) is 6.53. The first-order chi connectivity index (χ1) is 10.4. The number of nitrogens with zero attached hydrogens (tertiary/aromatic N) is 8. The monoisotopic (exact) mass is 288 g/mol. The Morgan fingerprint density at radius 1 is 1.19 bits per heavy atom. The minimum atomic E-state index is 0.491. The largest absolute Gasteiger partial charge is 0.291 e. The number of likely N-dealkylation sites (tertiary alicyclic amines) is 1. The molecule has 0 bridgehead atoms. The van der Waals surface area contributed by atoms with E-state index in [0.717, 1.165) is 25.5 Å². The second-order valence-corrected chi connectivity index (χ2v) is 6.01. The Morgan fingerprint density at radius 2 is 2.14 bits per heavy atom. The molecular formula is C13H20N8. The standard InChI is InChI=1S/C13H20N8/c1-2-6-19(12(3-1)7-20-10-14-9-15-20)8-13-16-17-18-21(13)11-4-5-11/h9-12H,1-8H2/t12-/m1/s1. The zero-order valence-electron chi connectivity index (χ0n) is 12.0. The molecule has 0 aromatic carbocycles. The van der Waals surface area contributed by atoms with Crippen LogP contribution in [0.5, 0.6) is 0 Å². The van der Waals surface area contributed by atoms with Gasteiger partial charge in [-0.05, 0) is 42.7 Å². The van der Waals surface area contributed by atoms with Crippen molar-refractivity contribution in [3.05, 3.63) is 18.5 Å². The molecule has 0 radical (unpaired) electrons. The molecule has 4 rings (SSSR count). The second kappa shape index (κ2) is 5.51. The summed E-state index contributed by atoms with van der Waals surface area (Å²) in [6.45, 7) is 2.84. The highest BCUT2D eigenvalue weighted by molar-refractivity contribution is 4.92. The summed E-state index contributed by atoms with van der Waals surface area (Å²) in [6, 6.07) is 1.03. The fourth-order valence-electron chi connectivity index (χ4n) is 3.12. The predicted octanol–water partition coefficient (Wildman–Crippen LogP) is 0.654. The van der Waals surface area contributed by atoms with Crippen molar-refractivity contribution in [3.63, 3.8) is 0 Å². The van der Waals surface area contributed by atoms with E-state index in [1.807, 2.05) is 9.36 Å². The molecule has 2 aliphatic rings. The first kappa shape index (κ1) is 12.9. The van der Waals surface area contributed by atoms with Gasteiger partial charge in [-0.3, -0.25) is 9.58 Å². The lowest BCUT2D eigenvalue weighted by Crippen LogP contribution is -2.42. The molecule has 8 heteroatoms. The molecule has 1 saturated carbocycles. The van der Waals surface area contributed by atoms with Crippen LogP contribution < -0.4 is 0 Å². The van der Waals surface area contributed by atoms with Crippen molar-refractivity contribution in [2.45, 2.75) is 57.3 Å². The average Bonchev–Trinajstić information content (AvgIpc) is 3.02. The van der Waals surface area contributed by atoms with Crippen LogP contribution in [0.1, 0.15) is 44.0 Å². The van der Waals surface area contributed by atoms with Crippen LogP contribution in [0, 0.1) is 0 Å². The molecule has 1 aliphatic heterocycles. The number of hydrogen-bond donors (Lipinski definition) is 0. The molecule has 0 amide bonds. The molecule has 21 heavy (non-hydrogen) atoms. The van der Waals surface area contributed by atoms with Crippen LogP contribution in [0.3, 0.4) is 0 Å². The molecule has 1 aliphatic carbocycles. The maximum Gasteiger partial charge on any atom is 0.165 e. The molecule has 2 aromatic rings. The van der Waals surface area contributed by atoms with Gasteiger partial charge in [-0.2, -0.15) is 5.10 Å². The van der Waals surface area contributed by atoms with Crippen molar-refractivity contribution in [1.82, 2.24) is 39.9 Å². The Balaban J connectivity index is 1.47. The molecule has 8 nitrogen and oxygen atoms in total. The Morgan fingerprint density at radius 3 is 2.95 bits per heavy atom. The van der Waals surface area contributed by atoms with Gasteiger partial charge in [0.25, 0.3) is 0 Å².